The second-order valence-corrected chi connectivity index (χ2v) is 9.71. The number of carbonyl (C=O) groups is 1. The number of fused-ring (bicyclic) bond motifs is 1. The van der Waals surface area contributed by atoms with Crippen LogP contribution in [0.25, 0.3) is 0 Å². The SMILES string of the molecule is Cc1cc(C(=O)N[C@@H]2C[C@H]3CO[C@H](C4CC4)CN3C2)cc(S(N)(=O)=O)c1C. The third kappa shape index (κ3) is 3.89. The van der Waals surface area contributed by atoms with Crippen molar-refractivity contribution in [3.8, 4) is 0 Å². The number of nitrogens with one attached hydrogen (secondary N) is 1. The number of benzene rings is 1. The summed E-state index contributed by atoms with van der Waals surface area (Å²) in [7, 11) is -3.87. The number of nitrogens with zero attached hydrogens (tertiary/aromatic N) is 1. The fourth-order valence-electron chi connectivity index (χ4n) is 4.28. The maximum absolute atomic E-state index is 12.7. The van der Waals surface area contributed by atoms with Crippen LogP contribution in [0.5, 0.6) is 0 Å². The van der Waals surface area contributed by atoms with Gasteiger partial charge in [0.15, 0.2) is 0 Å². The molecule has 0 radical (unpaired) electrons. The molecular formula is C19H27N3O4S. The maximum atomic E-state index is 12.7. The van der Waals surface area contributed by atoms with Crippen molar-refractivity contribution in [2.45, 2.75) is 56.2 Å². The molecule has 2 saturated heterocycles. The van der Waals surface area contributed by atoms with Gasteiger partial charge in [-0.15, -0.1) is 0 Å². The number of primary sulfonamides is 1. The van der Waals surface area contributed by atoms with Gasteiger partial charge in [0.05, 0.1) is 17.6 Å². The van der Waals surface area contributed by atoms with E-state index in [1.807, 2.05) is 0 Å². The minimum atomic E-state index is -3.87. The molecule has 3 aliphatic rings. The molecule has 0 unspecified atom stereocenters. The van der Waals surface area contributed by atoms with Crippen LogP contribution in [0.4, 0.5) is 0 Å². The standard InChI is InChI=1S/C19H27N3O4S/c1-11-5-14(6-18(12(11)2)27(20,24)25)19(23)21-15-7-16-10-26-17(13-3-4-13)9-22(16)8-15/h5-6,13,15-17H,3-4,7-10H2,1-2H3,(H,21,23)(H2,20,24,25)/t15-,16+,17+/m1/s1. The maximum Gasteiger partial charge on any atom is 0.251 e. The molecule has 3 fully saturated rings. The van der Waals surface area contributed by atoms with Gasteiger partial charge in [0.2, 0.25) is 10.0 Å². The molecule has 1 saturated carbocycles. The van der Waals surface area contributed by atoms with Crippen LogP contribution in [0.2, 0.25) is 0 Å². The Morgan fingerprint density at radius 3 is 2.67 bits per heavy atom. The summed E-state index contributed by atoms with van der Waals surface area (Å²) in [4.78, 5) is 15.2. The van der Waals surface area contributed by atoms with Crippen LogP contribution in [0.1, 0.15) is 40.7 Å². The predicted molar refractivity (Wildman–Crippen MR) is 101 cm³/mol. The average Bonchev–Trinajstić information content (AvgIpc) is 3.36. The van der Waals surface area contributed by atoms with Crippen molar-refractivity contribution in [2.75, 3.05) is 19.7 Å². The minimum Gasteiger partial charge on any atom is -0.375 e. The molecule has 1 aliphatic carbocycles. The summed E-state index contributed by atoms with van der Waals surface area (Å²) >= 11 is 0. The first-order valence-corrected chi connectivity index (χ1v) is 11.1. The zero-order valence-electron chi connectivity index (χ0n) is 15.8. The van der Waals surface area contributed by atoms with E-state index in [2.05, 4.69) is 10.2 Å². The molecule has 1 aromatic carbocycles. The van der Waals surface area contributed by atoms with Crippen LogP contribution in [-0.4, -0.2) is 57.1 Å². The van der Waals surface area contributed by atoms with Gasteiger partial charge < -0.3 is 10.1 Å². The largest absolute Gasteiger partial charge is 0.375 e. The number of morpholine rings is 1. The van der Waals surface area contributed by atoms with Gasteiger partial charge in [-0.25, -0.2) is 13.6 Å². The lowest BCUT2D eigenvalue weighted by Crippen LogP contribution is -2.47. The molecule has 0 spiro atoms. The molecule has 27 heavy (non-hydrogen) atoms. The Bertz CT molecular complexity index is 866. The van der Waals surface area contributed by atoms with Gasteiger partial charge in [-0.3, -0.25) is 9.69 Å². The summed E-state index contributed by atoms with van der Waals surface area (Å²) in [6.45, 7) is 5.97. The molecule has 2 aliphatic heterocycles. The molecule has 3 atom stereocenters. The van der Waals surface area contributed by atoms with E-state index in [0.717, 1.165) is 31.7 Å². The molecule has 7 nitrogen and oxygen atoms in total. The second-order valence-electron chi connectivity index (χ2n) is 8.18. The van der Waals surface area contributed by atoms with Crippen molar-refractivity contribution in [1.82, 2.24) is 10.2 Å². The van der Waals surface area contributed by atoms with E-state index < -0.39 is 10.0 Å². The third-order valence-corrected chi connectivity index (χ3v) is 7.15. The fraction of sp³-hybridized carbons (Fsp3) is 0.632. The third-order valence-electron chi connectivity index (χ3n) is 6.12. The smallest absolute Gasteiger partial charge is 0.251 e. The Hall–Kier alpha value is -1.48. The number of carbonyl (C=O) groups excluding carboxylic acids is 1. The summed E-state index contributed by atoms with van der Waals surface area (Å²) in [5.41, 5.74) is 1.64. The van der Waals surface area contributed by atoms with Crippen LogP contribution in [0.15, 0.2) is 17.0 Å². The van der Waals surface area contributed by atoms with Crippen molar-refractivity contribution in [3.63, 3.8) is 0 Å². The molecule has 148 valence electrons. The van der Waals surface area contributed by atoms with E-state index in [-0.39, 0.29) is 16.8 Å². The van der Waals surface area contributed by atoms with Gasteiger partial charge in [-0.1, -0.05) is 0 Å². The molecule has 1 aromatic rings. The van der Waals surface area contributed by atoms with Gasteiger partial charge in [0.1, 0.15) is 0 Å². The molecule has 0 bridgehead atoms. The highest BCUT2D eigenvalue weighted by Gasteiger charge is 2.42. The first-order valence-electron chi connectivity index (χ1n) is 9.53. The first-order chi connectivity index (χ1) is 12.7. The van der Waals surface area contributed by atoms with Crippen LogP contribution in [0, 0.1) is 19.8 Å². The summed E-state index contributed by atoms with van der Waals surface area (Å²) in [5.74, 6) is 0.458. The monoisotopic (exact) mass is 393 g/mol. The van der Waals surface area contributed by atoms with Gasteiger partial charge in [0, 0.05) is 30.7 Å². The highest BCUT2D eigenvalue weighted by atomic mass is 32.2. The average molecular weight is 394 g/mol. The van der Waals surface area contributed by atoms with Crippen LogP contribution in [0.3, 0.4) is 0 Å². The van der Waals surface area contributed by atoms with Gasteiger partial charge in [-0.2, -0.15) is 0 Å². The van der Waals surface area contributed by atoms with Gasteiger partial charge in [-0.05, 0) is 62.3 Å². The molecule has 8 heteroatoms. The summed E-state index contributed by atoms with van der Waals surface area (Å²) in [6.07, 6.45) is 3.73. The highest BCUT2D eigenvalue weighted by molar-refractivity contribution is 7.89. The van der Waals surface area contributed by atoms with Crippen LogP contribution < -0.4 is 10.5 Å². The van der Waals surface area contributed by atoms with Crippen molar-refractivity contribution < 1.29 is 17.9 Å². The number of hydrogen-bond donors (Lipinski definition) is 2. The topological polar surface area (TPSA) is 102 Å². The Balaban J connectivity index is 1.45. The Kier molecular flexibility index (Phi) is 4.78. The van der Waals surface area contributed by atoms with Crippen molar-refractivity contribution >= 4 is 15.9 Å². The number of amides is 1. The molecule has 4 rings (SSSR count). The predicted octanol–water partition coefficient (Wildman–Crippen LogP) is 0.932. The lowest BCUT2D eigenvalue weighted by molar-refractivity contribution is -0.0581. The molecule has 2 heterocycles. The highest BCUT2D eigenvalue weighted by Crippen LogP contribution is 2.37. The number of ether oxygens (including phenoxy) is 1. The van der Waals surface area contributed by atoms with Crippen molar-refractivity contribution in [1.29, 1.82) is 0 Å². The quantitative estimate of drug-likeness (QED) is 0.792. The number of sulfonamides is 1. The number of aryl methyl sites for hydroxylation is 1. The van der Waals surface area contributed by atoms with Crippen molar-refractivity contribution in [3.05, 3.63) is 28.8 Å². The van der Waals surface area contributed by atoms with Crippen LogP contribution in [-0.2, 0) is 14.8 Å². The number of nitrogens with two attached hydrogens (primary N) is 1. The van der Waals surface area contributed by atoms with Gasteiger partial charge in [0.25, 0.3) is 5.91 Å². The van der Waals surface area contributed by atoms with E-state index in [9.17, 15) is 13.2 Å². The Morgan fingerprint density at radius 2 is 2.00 bits per heavy atom. The summed E-state index contributed by atoms with van der Waals surface area (Å²) < 4.78 is 29.6. The van der Waals surface area contributed by atoms with E-state index >= 15 is 0 Å². The zero-order valence-corrected chi connectivity index (χ0v) is 16.6. The first kappa shape index (κ1) is 18.9. The molecule has 1 amide bonds. The molecule has 0 aromatic heterocycles. The lowest BCUT2D eigenvalue weighted by Gasteiger charge is -2.35. The normalized spacial score (nSPS) is 28.8. The Morgan fingerprint density at radius 1 is 1.26 bits per heavy atom. The fourth-order valence-corrected chi connectivity index (χ4v) is 5.16. The van der Waals surface area contributed by atoms with E-state index in [1.165, 1.54) is 18.9 Å². The minimum absolute atomic E-state index is 0.0113. The van der Waals surface area contributed by atoms with Gasteiger partial charge >= 0.3 is 0 Å². The van der Waals surface area contributed by atoms with E-state index in [0.29, 0.717) is 29.2 Å². The Labute approximate surface area is 160 Å². The number of hydrogen-bond acceptors (Lipinski definition) is 5. The lowest BCUT2D eigenvalue weighted by atomic mass is 10.0. The van der Waals surface area contributed by atoms with Crippen LogP contribution >= 0.6 is 0 Å². The molecular weight excluding hydrogens is 366 g/mol. The van der Waals surface area contributed by atoms with E-state index in [4.69, 9.17) is 9.88 Å². The second kappa shape index (κ2) is 6.84. The summed E-state index contributed by atoms with van der Waals surface area (Å²) in [5, 5.41) is 8.37. The van der Waals surface area contributed by atoms with Crippen molar-refractivity contribution in [2.24, 2.45) is 11.1 Å². The zero-order chi connectivity index (χ0) is 19.3. The molecule has 3 N–H and O–H groups in total. The van der Waals surface area contributed by atoms with E-state index in [1.54, 1.807) is 19.9 Å². The number of rotatable bonds is 4. The summed E-state index contributed by atoms with van der Waals surface area (Å²) in [6, 6.07) is 3.49.